The number of carbonyl (C=O) groups is 2. The lowest BCUT2D eigenvalue weighted by molar-refractivity contribution is -0.118. The smallest absolute Gasteiger partial charge is 0.261 e. The van der Waals surface area contributed by atoms with Crippen molar-refractivity contribution in [3.63, 3.8) is 0 Å². The van der Waals surface area contributed by atoms with E-state index in [2.05, 4.69) is 0 Å². The second kappa shape index (κ2) is 5.94. The Morgan fingerprint density at radius 3 is 2.50 bits per heavy atom. The number of piperidine rings is 1. The van der Waals surface area contributed by atoms with E-state index in [4.69, 9.17) is 0 Å². The van der Waals surface area contributed by atoms with E-state index in [1.165, 1.54) is 25.1 Å². The van der Waals surface area contributed by atoms with E-state index in [0.717, 1.165) is 19.3 Å². The number of aromatic hydroxyl groups is 2. The standard InChI is InChI=1S/C15H19NO4/c1-10(17)9-11-5-2-3-8-16(11)15(20)14-12(18)6-4-7-13(14)19/h4,6-7,11,18-19H,2-3,5,8-9H2,1H3. The zero-order valence-electron chi connectivity index (χ0n) is 11.5. The lowest BCUT2D eigenvalue weighted by Crippen LogP contribution is -2.44. The van der Waals surface area contributed by atoms with Gasteiger partial charge >= 0.3 is 0 Å². The van der Waals surface area contributed by atoms with Gasteiger partial charge in [-0.2, -0.15) is 0 Å². The van der Waals surface area contributed by atoms with Crippen molar-refractivity contribution in [2.24, 2.45) is 0 Å². The minimum absolute atomic E-state index is 0.0382. The third kappa shape index (κ3) is 2.92. The molecule has 20 heavy (non-hydrogen) atoms. The fourth-order valence-corrected chi connectivity index (χ4v) is 2.70. The van der Waals surface area contributed by atoms with Crippen LogP contribution in [0.25, 0.3) is 0 Å². The van der Waals surface area contributed by atoms with Crippen LogP contribution in [-0.2, 0) is 4.79 Å². The molecule has 0 bridgehead atoms. The van der Waals surface area contributed by atoms with Crippen molar-refractivity contribution in [1.29, 1.82) is 0 Å². The Balaban J connectivity index is 2.28. The molecule has 108 valence electrons. The highest BCUT2D eigenvalue weighted by molar-refractivity contribution is 5.99. The predicted octanol–water partition coefficient (Wildman–Crippen LogP) is 2.07. The Hall–Kier alpha value is -2.04. The number of phenolic OH excluding ortho intramolecular Hbond substituents is 2. The Bertz CT molecular complexity index is 506. The van der Waals surface area contributed by atoms with Crippen molar-refractivity contribution in [1.82, 2.24) is 4.90 Å². The van der Waals surface area contributed by atoms with E-state index in [1.54, 1.807) is 4.90 Å². The summed E-state index contributed by atoms with van der Waals surface area (Å²) in [7, 11) is 0. The number of carbonyl (C=O) groups excluding carboxylic acids is 2. The van der Waals surface area contributed by atoms with Crippen LogP contribution in [0.2, 0.25) is 0 Å². The fourth-order valence-electron chi connectivity index (χ4n) is 2.70. The molecule has 2 N–H and O–H groups in total. The van der Waals surface area contributed by atoms with Crippen LogP contribution in [-0.4, -0.2) is 39.4 Å². The Morgan fingerprint density at radius 2 is 1.90 bits per heavy atom. The lowest BCUT2D eigenvalue weighted by atomic mass is 9.96. The van der Waals surface area contributed by atoms with Gasteiger partial charge in [-0.3, -0.25) is 9.59 Å². The molecule has 1 aliphatic rings. The minimum atomic E-state index is -0.411. The molecule has 0 aromatic heterocycles. The summed E-state index contributed by atoms with van der Waals surface area (Å²) in [6, 6.07) is 4.08. The molecule has 2 rings (SSSR count). The fraction of sp³-hybridized carbons (Fsp3) is 0.467. The molecule has 1 fully saturated rings. The highest BCUT2D eigenvalue weighted by Gasteiger charge is 2.30. The van der Waals surface area contributed by atoms with Gasteiger partial charge < -0.3 is 15.1 Å². The number of hydrogen-bond acceptors (Lipinski definition) is 4. The molecule has 5 nitrogen and oxygen atoms in total. The van der Waals surface area contributed by atoms with Crippen LogP contribution >= 0.6 is 0 Å². The molecule has 1 saturated heterocycles. The first-order valence-corrected chi connectivity index (χ1v) is 6.82. The van der Waals surface area contributed by atoms with E-state index in [0.29, 0.717) is 13.0 Å². The molecule has 1 heterocycles. The van der Waals surface area contributed by atoms with Gasteiger partial charge in [-0.15, -0.1) is 0 Å². The van der Waals surface area contributed by atoms with Gasteiger partial charge in [0.25, 0.3) is 5.91 Å². The lowest BCUT2D eigenvalue weighted by Gasteiger charge is -2.35. The molecule has 5 heteroatoms. The van der Waals surface area contributed by atoms with Crippen LogP contribution in [0.3, 0.4) is 0 Å². The van der Waals surface area contributed by atoms with Crippen LogP contribution in [0.4, 0.5) is 0 Å². The third-order valence-electron chi connectivity index (χ3n) is 3.65. The summed E-state index contributed by atoms with van der Waals surface area (Å²) in [5.74, 6) is -0.841. The number of rotatable bonds is 3. The predicted molar refractivity (Wildman–Crippen MR) is 73.7 cm³/mol. The SMILES string of the molecule is CC(=O)CC1CCCCN1C(=O)c1c(O)cccc1O. The number of Topliss-reactive ketones (excluding diaryl/α,β-unsaturated/α-hetero) is 1. The van der Waals surface area contributed by atoms with Crippen molar-refractivity contribution in [2.75, 3.05) is 6.54 Å². The van der Waals surface area contributed by atoms with Crippen molar-refractivity contribution < 1.29 is 19.8 Å². The average molecular weight is 277 g/mol. The summed E-state index contributed by atoms with van der Waals surface area (Å²) >= 11 is 0. The summed E-state index contributed by atoms with van der Waals surface area (Å²) in [5.41, 5.74) is -0.0806. The maximum absolute atomic E-state index is 12.5. The third-order valence-corrected chi connectivity index (χ3v) is 3.65. The molecule has 0 saturated carbocycles. The van der Waals surface area contributed by atoms with Crippen molar-refractivity contribution in [3.8, 4) is 11.5 Å². The molecular weight excluding hydrogens is 258 g/mol. The Morgan fingerprint density at radius 1 is 1.25 bits per heavy atom. The highest BCUT2D eigenvalue weighted by Crippen LogP contribution is 2.30. The monoisotopic (exact) mass is 277 g/mol. The van der Waals surface area contributed by atoms with Crippen LogP contribution in [0.15, 0.2) is 18.2 Å². The maximum atomic E-state index is 12.5. The van der Waals surface area contributed by atoms with E-state index in [-0.39, 0.29) is 28.9 Å². The minimum Gasteiger partial charge on any atom is -0.507 e. The molecule has 1 aromatic rings. The summed E-state index contributed by atoms with van der Waals surface area (Å²) in [6.07, 6.45) is 2.95. The van der Waals surface area contributed by atoms with Gasteiger partial charge in [0.1, 0.15) is 22.8 Å². The van der Waals surface area contributed by atoms with Gasteiger partial charge in [-0.05, 0) is 38.3 Å². The molecule has 1 aliphatic heterocycles. The summed E-state index contributed by atoms with van der Waals surface area (Å²) in [5, 5.41) is 19.6. The van der Waals surface area contributed by atoms with Gasteiger partial charge in [0.15, 0.2) is 0 Å². The molecule has 1 unspecified atom stereocenters. The Kier molecular flexibility index (Phi) is 4.27. The normalized spacial score (nSPS) is 18.9. The number of amides is 1. The average Bonchev–Trinajstić information content (AvgIpc) is 2.38. The molecule has 0 aliphatic carbocycles. The second-order valence-electron chi connectivity index (χ2n) is 5.23. The van der Waals surface area contributed by atoms with Crippen LogP contribution in [0, 0.1) is 0 Å². The van der Waals surface area contributed by atoms with Crippen molar-refractivity contribution in [2.45, 2.75) is 38.6 Å². The van der Waals surface area contributed by atoms with Crippen LogP contribution < -0.4 is 0 Å². The zero-order valence-corrected chi connectivity index (χ0v) is 11.5. The molecule has 0 radical (unpaired) electrons. The molecule has 0 spiro atoms. The van der Waals surface area contributed by atoms with Crippen LogP contribution in [0.5, 0.6) is 11.5 Å². The summed E-state index contributed by atoms with van der Waals surface area (Å²) in [6.45, 7) is 2.05. The molecule has 1 atom stereocenters. The van der Waals surface area contributed by atoms with Gasteiger partial charge in [0.05, 0.1) is 0 Å². The summed E-state index contributed by atoms with van der Waals surface area (Å²) < 4.78 is 0. The quantitative estimate of drug-likeness (QED) is 0.886. The maximum Gasteiger partial charge on any atom is 0.261 e. The first-order chi connectivity index (χ1) is 9.50. The van der Waals surface area contributed by atoms with Gasteiger partial charge in [-0.1, -0.05) is 6.07 Å². The number of nitrogens with zero attached hydrogens (tertiary/aromatic N) is 1. The van der Waals surface area contributed by atoms with Gasteiger partial charge in [0.2, 0.25) is 0 Å². The molecular formula is C15H19NO4. The number of hydrogen-bond donors (Lipinski definition) is 2. The largest absolute Gasteiger partial charge is 0.507 e. The highest BCUT2D eigenvalue weighted by atomic mass is 16.3. The van der Waals surface area contributed by atoms with Gasteiger partial charge in [-0.25, -0.2) is 0 Å². The number of likely N-dealkylation sites (tertiary alicyclic amines) is 1. The molecule has 1 amide bonds. The topological polar surface area (TPSA) is 77.8 Å². The molecule has 1 aromatic carbocycles. The first-order valence-electron chi connectivity index (χ1n) is 6.82. The van der Waals surface area contributed by atoms with Crippen LogP contribution in [0.1, 0.15) is 43.0 Å². The van der Waals surface area contributed by atoms with E-state index < -0.39 is 5.91 Å². The van der Waals surface area contributed by atoms with E-state index in [9.17, 15) is 19.8 Å². The Labute approximate surface area is 117 Å². The first kappa shape index (κ1) is 14.4. The number of phenols is 2. The van der Waals surface area contributed by atoms with E-state index >= 15 is 0 Å². The van der Waals surface area contributed by atoms with Crippen molar-refractivity contribution >= 4 is 11.7 Å². The van der Waals surface area contributed by atoms with Gasteiger partial charge in [0, 0.05) is 19.0 Å². The van der Waals surface area contributed by atoms with E-state index in [1.807, 2.05) is 0 Å². The zero-order chi connectivity index (χ0) is 14.7. The number of ketones is 1. The summed E-state index contributed by atoms with van der Waals surface area (Å²) in [4.78, 5) is 25.4. The van der Waals surface area contributed by atoms with Crippen molar-refractivity contribution in [3.05, 3.63) is 23.8 Å². The number of benzene rings is 1. The second-order valence-corrected chi connectivity index (χ2v) is 5.23.